The van der Waals surface area contributed by atoms with Crippen LogP contribution in [0.5, 0.6) is 0 Å². The molecule has 84 valence electrons. The molecule has 0 radical (unpaired) electrons. The Hall–Kier alpha value is -0.550. The van der Waals surface area contributed by atoms with Gasteiger partial charge in [-0.15, -0.1) is 11.3 Å². The van der Waals surface area contributed by atoms with Crippen molar-refractivity contribution in [1.29, 1.82) is 0 Å². The molecule has 2 nitrogen and oxygen atoms in total. The van der Waals surface area contributed by atoms with E-state index in [2.05, 4.69) is 4.98 Å². The molecule has 1 atom stereocenters. The van der Waals surface area contributed by atoms with Gasteiger partial charge in [-0.3, -0.25) is 0 Å². The van der Waals surface area contributed by atoms with E-state index in [1.165, 1.54) is 0 Å². The van der Waals surface area contributed by atoms with Gasteiger partial charge in [-0.1, -0.05) is 29.4 Å². The number of hydrogen-bond donors (Lipinski definition) is 1. The van der Waals surface area contributed by atoms with E-state index in [9.17, 15) is 0 Å². The second-order valence-electron chi connectivity index (χ2n) is 3.38. The first-order valence-corrected chi connectivity index (χ1v) is 6.86. The molecule has 2 rings (SSSR count). The van der Waals surface area contributed by atoms with Crippen molar-refractivity contribution in [3.63, 3.8) is 0 Å². The van der Waals surface area contributed by atoms with Gasteiger partial charge in [-0.25, -0.2) is 4.98 Å². The maximum atomic E-state index is 6.19. The number of nitrogens with two attached hydrogens (primary N) is 1. The maximum Gasteiger partial charge on any atom is 0.154 e. The number of thiazole rings is 1. The average Bonchev–Trinajstić information content (AvgIpc) is 2.73. The van der Waals surface area contributed by atoms with Gasteiger partial charge in [0.2, 0.25) is 0 Å². The summed E-state index contributed by atoms with van der Waals surface area (Å²) in [6.07, 6.45) is 1.79. The van der Waals surface area contributed by atoms with Gasteiger partial charge in [-0.05, 0) is 24.6 Å². The molecule has 1 aromatic carbocycles. The van der Waals surface area contributed by atoms with E-state index in [0.29, 0.717) is 0 Å². The second kappa shape index (κ2) is 5.19. The monoisotopic (exact) mass is 270 g/mol. The Labute approximate surface area is 108 Å². The lowest BCUT2D eigenvalue weighted by Crippen LogP contribution is -2.04. The normalized spacial score (nSPS) is 12.7. The van der Waals surface area contributed by atoms with Crippen LogP contribution in [0.2, 0.25) is 5.02 Å². The molecular formula is C11H11ClN2S2. The van der Waals surface area contributed by atoms with Gasteiger partial charge in [0.05, 0.1) is 5.02 Å². The van der Waals surface area contributed by atoms with Gasteiger partial charge in [0.1, 0.15) is 0 Å². The molecule has 0 aliphatic carbocycles. The summed E-state index contributed by atoms with van der Waals surface area (Å²) in [7, 11) is 0. The van der Waals surface area contributed by atoms with Crippen LogP contribution in [0.3, 0.4) is 0 Å². The molecule has 0 aliphatic heterocycles. The highest BCUT2D eigenvalue weighted by molar-refractivity contribution is 8.01. The Morgan fingerprint density at radius 3 is 2.88 bits per heavy atom. The van der Waals surface area contributed by atoms with Gasteiger partial charge in [-0.2, -0.15) is 0 Å². The summed E-state index contributed by atoms with van der Waals surface area (Å²) >= 11 is 9.37. The first-order valence-electron chi connectivity index (χ1n) is 4.79. The number of halogens is 1. The average molecular weight is 271 g/mol. The molecule has 0 aliphatic rings. The molecule has 0 bridgehead atoms. The molecule has 0 saturated heterocycles. The lowest BCUT2D eigenvalue weighted by Gasteiger charge is -2.08. The van der Waals surface area contributed by atoms with Crippen LogP contribution in [0.25, 0.3) is 0 Å². The minimum Gasteiger partial charge on any atom is -0.324 e. The van der Waals surface area contributed by atoms with E-state index in [4.69, 9.17) is 17.3 Å². The predicted molar refractivity (Wildman–Crippen MR) is 70.3 cm³/mol. The van der Waals surface area contributed by atoms with E-state index in [-0.39, 0.29) is 6.04 Å². The molecule has 1 heterocycles. The molecule has 16 heavy (non-hydrogen) atoms. The Kier molecular flexibility index (Phi) is 3.86. The summed E-state index contributed by atoms with van der Waals surface area (Å²) < 4.78 is 0.996. The molecular weight excluding hydrogens is 260 g/mol. The SMILES string of the molecule is C[C@@H](N)c1ccc(Sc2nccs2)c(Cl)c1. The lowest BCUT2D eigenvalue weighted by molar-refractivity contribution is 0.817. The minimum atomic E-state index is 0.0106. The number of rotatable bonds is 3. The molecule has 1 aromatic heterocycles. The molecule has 0 amide bonds. The Morgan fingerprint density at radius 1 is 1.50 bits per heavy atom. The summed E-state index contributed by atoms with van der Waals surface area (Å²) in [5.74, 6) is 0. The molecule has 0 unspecified atom stereocenters. The highest BCUT2D eigenvalue weighted by atomic mass is 35.5. The van der Waals surface area contributed by atoms with Crippen LogP contribution in [-0.4, -0.2) is 4.98 Å². The topological polar surface area (TPSA) is 38.9 Å². The molecule has 2 aromatic rings. The summed E-state index contributed by atoms with van der Waals surface area (Å²) in [6, 6.07) is 5.93. The zero-order valence-corrected chi connectivity index (χ0v) is 11.1. The van der Waals surface area contributed by atoms with Crippen molar-refractivity contribution in [2.45, 2.75) is 22.2 Å². The van der Waals surface area contributed by atoms with Crippen molar-refractivity contribution in [1.82, 2.24) is 4.98 Å². The second-order valence-corrected chi connectivity index (χ2v) is 5.97. The van der Waals surface area contributed by atoms with E-state index in [1.807, 2.05) is 30.5 Å². The summed E-state index contributed by atoms with van der Waals surface area (Å²) in [5, 5.41) is 2.68. The van der Waals surface area contributed by atoms with Gasteiger partial charge in [0.25, 0.3) is 0 Å². The fourth-order valence-electron chi connectivity index (χ4n) is 1.24. The molecule has 0 fully saturated rings. The van der Waals surface area contributed by atoms with Gasteiger partial charge in [0, 0.05) is 22.5 Å². The lowest BCUT2D eigenvalue weighted by atomic mass is 10.1. The zero-order valence-electron chi connectivity index (χ0n) is 8.68. The summed E-state index contributed by atoms with van der Waals surface area (Å²) in [6.45, 7) is 1.94. The largest absolute Gasteiger partial charge is 0.324 e. The predicted octanol–water partition coefficient (Wildman–Crippen LogP) is 3.97. The minimum absolute atomic E-state index is 0.0106. The van der Waals surface area contributed by atoms with Gasteiger partial charge < -0.3 is 5.73 Å². The van der Waals surface area contributed by atoms with Gasteiger partial charge in [0.15, 0.2) is 4.34 Å². The van der Waals surface area contributed by atoms with Crippen LogP contribution >= 0.6 is 34.7 Å². The number of nitrogens with zero attached hydrogens (tertiary/aromatic N) is 1. The third-order valence-corrected chi connectivity index (χ3v) is 4.47. The van der Waals surface area contributed by atoms with Crippen molar-refractivity contribution in [2.24, 2.45) is 5.73 Å². The van der Waals surface area contributed by atoms with E-state index in [1.54, 1.807) is 29.3 Å². The van der Waals surface area contributed by atoms with Crippen LogP contribution in [-0.2, 0) is 0 Å². The van der Waals surface area contributed by atoms with Crippen LogP contribution < -0.4 is 5.73 Å². The van der Waals surface area contributed by atoms with Crippen LogP contribution in [0, 0.1) is 0 Å². The number of aromatic nitrogens is 1. The number of benzene rings is 1. The van der Waals surface area contributed by atoms with Crippen LogP contribution in [0.4, 0.5) is 0 Å². The molecule has 0 saturated carbocycles. The summed E-state index contributed by atoms with van der Waals surface area (Å²) in [4.78, 5) is 5.22. The van der Waals surface area contributed by atoms with Crippen molar-refractivity contribution < 1.29 is 0 Å². The highest BCUT2D eigenvalue weighted by Gasteiger charge is 2.07. The summed E-state index contributed by atoms with van der Waals surface area (Å²) in [5.41, 5.74) is 6.84. The molecule has 5 heteroatoms. The fourth-order valence-corrected chi connectivity index (χ4v) is 3.13. The smallest absolute Gasteiger partial charge is 0.154 e. The quantitative estimate of drug-likeness (QED) is 0.917. The Morgan fingerprint density at radius 2 is 2.31 bits per heavy atom. The number of hydrogen-bond acceptors (Lipinski definition) is 4. The first kappa shape index (κ1) is 11.9. The third kappa shape index (κ3) is 2.77. The van der Waals surface area contributed by atoms with Crippen molar-refractivity contribution in [3.8, 4) is 0 Å². The zero-order chi connectivity index (χ0) is 11.5. The maximum absolute atomic E-state index is 6.19. The van der Waals surface area contributed by atoms with Crippen molar-refractivity contribution in [2.75, 3.05) is 0 Å². The van der Waals surface area contributed by atoms with Crippen LogP contribution in [0.15, 0.2) is 39.0 Å². The molecule has 0 spiro atoms. The third-order valence-electron chi connectivity index (χ3n) is 2.09. The fraction of sp³-hybridized carbons (Fsp3) is 0.182. The Bertz CT molecular complexity index is 469. The molecule has 2 N–H and O–H groups in total. The van der Waals surface area contributed by atoms with E-state index < -0.39 is 0 Å². The highest BCUT2D eigenvalue weighted by Crippen LogP contribution is 2.35. The van der Waals surface area contributed by atoms with Crippen molar-refractivity contribution in [3.05, 3.63) is 40.4 Å². The van der Waals surface area contributed by atoms with E-state index >= 15 is 0 Å². The van der Waals surface area contributed by atoms with Gasteiger partial charge >= 0.3 is 0 Å². The van der Waals surface area contributed by atoms with Crippen molar-refractivity contribution >= 4 is 34.7 Å². The van der Waals surface area contributed by atoms with E-state index in [0.717, 1.165) is 19.8 Å². The first-order chi connectivity index (χ1) is 7.66. The van der Waals surface area contributed by atoms with Crippen LogP contribution in [0.1, 0.15) is 18.5 Å². The standard InChI is InChI=1S/C11H11ClN2S2/c1-7(13)8-2-3-10(9(12)6-8)16-11-14-4-5-15-11/h2-7H,13H2,1H3/t7-/m1/s1. The Balaban J connectivity index is 2.23.